The number of hydrogen-bond donors (Lipinski definition) is 0. The number of aromatic nitrogens is 1. The molecule has 0 bridgehead atoms. The molecule has 1 amide bonds. The molecule has 116 valence electrons. The fraction of sp³-hybridized carbons (Fsp3) is 0.733. The quantitative estimate of drug-likeness (QED) is 0.834. The summed E-state index contributed by atoms with van der Waals surface area (Å²) in [7, 11) is 0. The topological polar surface area (TPSA) is 58.8 Å². The van der Waals surface area contributed by atoms with E-state index in [4.69, 9.17) is 9.26 Å². The summed E-state index contributed by atoms with van der Waals surface area (Å²) in [6.45, 7) is 7.32. The predicted octanol–water partition coefficient (Wildman–Crippen LogP) is 1.05. The number of amides is 1. The molecular formula is C15H23N3O3. The van der Waals surface area contributed by atoms with Crippen LogP contribution in [0, 0.1) is 12.8 Å². The Morgan fingerprint density at radius 3 is 2.90 bits per heavy atom. The number of carbonyl (C=O) groups is 1. The standard InChI is InChI=1S/C15H23N3O3/c1-12-9-14(16-21-12)11-17-4-2-3-13(10-17)15(19)18-5-7-20-8-6-18/h9,13H,2-8,10-11H2,1H3/t13-/m1/s1. The van der Waals surface area contributed by atoms with E-state index in [-0.39, 0.29) is 5.92 Å². The molecule has 2 fully saturated rings. The van der Waals surface area contributed by atoms with Crippen molar-refractivity contribution in [3.63, 3.8) is 0 Å². The first-order valence-electron chi connectivity index (χ1n) is 7.73. The molecule has 0 N–H and O–H groups in total. The van der Waals surface area contributed by atoms with Gasteiger partial charge in [0.15, 0.2) is 0 Å². The van der Waals surface area contributed by atoms with Gasteiger partial charge in [0.05, 0.1) is 24.8 Å². The second-order valence-corrected chi connectivity index (χ2v) is 5.94. The van der Waals surface area contributed by atoms with Crippen LogP contribution in [0.4, 0.5) is 0 Å². The Labute approximate surface area is 125 Å². The van der Waals surface area contributed by atoms with Crippen molar-refractivity contribution in [3.05, 3.63) is 17.5 Å². The molecule has 0 radical (unpaired) electrons. The van der Waals surface area contributed by atoms with Gasteiger partial charge in [-0.05, 0) is 26.3 Å². The minimum atomic E-state index is 0.116. The average molecular weight is 293 g/mol. The van der Waals surface area contributed by atoms with Gasteiger partial charge in [0, 0.05) is 32.2 Å². The van der Waals surface area contributed by atoms with Crippen molar-refractivity contribution in [1.82, 2.24) is 15.0 Å². The summed E-state index contributed by atoms with van der Waals surface area (Å²) in [4.78, 5) is 16.8. The minimum Gasteiger partial charge on any atom is -0.378 e. The van der Waals surface area contributed by atoms with Gasteiger partial charge in [0.1, 0.15) is 5.76 Å². The largest absolute Gasteiger partial charge is 0.378 e. The maximum atomic E-state index is 12.6. The molecule has 1 aromatic heterocycles. The molecule has 21 heavy (non-hydrogen) atoms. The van der Waals surface area contributed by atoms with Gasteiger partial charge in [0.25, 0.3) is 0 Å². The number of aryl methyl sites for hydroxylation is 1. The molecule has 3 heterocycles. The number of rotatable bonds is 3. The lowest BCUT2D eigenvalue weighted by Gasteiger charge is -2.35. The van der Waals surface area contributed by atoms with Crippen LogP contribution >= 0.6 is 0 Å². The highest BCUT2D eigenvalue weighted by Crippen LogP contribution is 2.21. The Kier molecular flexibility index (Phi) is 4.55. The Hall–Kier alpha value is -1.40. The summed E-state index contributed by atoms with van der Waals surface area (Å²) in [6, 6.07) is 1.97. The van der Waals surface area contributed by atoms with Gasteiger partial charge >= 0.3 is 0 Å². The van der Waals surface area contributed by atoms with E-state index in [1.54, 1.807) is 0 Å². The molecule has 2 aliphatic heterocycles. The van der Waals surface area contributed by atoms with Gasteiger partial charge < -0.3 is 14.2 Å². The molecule has 2 saturated heterocycles. The van der Waals surface area contributed by atoms with Crippen molar-refractivity contribution >= 4 is 5.91 Å². The van der Waals surface area contributed by atoms with Crippen LogP contribution in [-0.2, 0) is 16.1 Å². The zero-order valence-electron chi connectivity index (χ0n) is 12.6. The maximum Gasteiger partial charge on any atom is 0.227 e. The van der Waals surface area contributed by atoms with Crippen molar-refractivity contribution in [3.8, 4) is 0 Å². The highest BCUT2D eigenvalue weighted by Gasteiger charge is 2.30. The first kappa shape index (κ1) is 14.5. The zero-order valence-corrected chi connectivity index (χ0v) is 12.6. The van der Waals surface area contributed by atoms with Crippen LogP contribution in [0.3, 0.4) is 0 Å². The monoisotopic (exact) mass is 293 g/mol. The molecule has 6 nitrogen and oxygen atoms in total. The number of likely N-dealkylation sites (tertiary alicyclic amines) is 1. The van der Waals surface area contributed by atoms with Gasteiger partial charge in [-0.3, -0.25) is 9.69 Å². The van der Waals surface area contributed by atoms with Crippen LogP contribution in [0.5, 0.6) is 0 Å². The van der Waals surface area contributed by atoms with Crippen molar-refractivity contribution in [2.45, 2.75) is 26.3 Å². The van der Waals surface area contributed by atoms with E-state index in [0.29, 0.717) is 19.1 Å². The summed E-state index contributed by atoms with van der Waals surface area (Å²) in [5.41, 5.74) is 0.951. The molecule has 1 atom stereocenters. The predicted molar refractivity (Wildman–Crippen MR) is 76.6 cm³/mol. The Morgan fingerprint density at radius 2 is 2.19 bits per heavy atom. The average Bonchev–Trinajstić information content (AvgIpc) is 2.93. The lowest BCUT2D eigenvalue weighted by atomic mass is 9.96. The first-order valence-corrected chi connectivity index (χ1v) is 7.73. The second kappa shape index (κ2) is 6.58. The molecular weight excluding hydrogens is 270 g/mol. The van der Waals surface area contributed by atoms with Crippen LogP contribution in [0.15, 0.2) is 10.6 Å². The van der Waals surface area contributed by atoms with Crippen LogP contribution in [0.25, 0.3) is 0 Å². The minimum absolute atomic E-state index is 0.116. The second-order valence-electron chi connectivity index (χ2n) is 5.94. The van der Waals surface area contributed by atoms with Crippen molar-refractivity contribution in [2.75, 3.05) is 39.4 Å². The Balaban J connectivity index is 1.56. The number of piperidine rings is 1. The summed E-state index contributed by atoms with van der Waals surface area (Å²) in [5.74, 6) is 1.24. The van der Waals surface area contributed by atoms with Gasteiger partial charge in [-0.2, -0.15) is 0 Å². The molecule has 6 heteroatoms. The number of carbonyl (C=O) groups excluding carboxylic acids is 1. The third kappa shape index (κ3) is 3.63. The third-order valence-electron chi connectivity index (χ3n) is 4.24. The van der Waals surface area contributed by atoms with Gasteiger partial charge in [0.2, 0.25) is 5.91 Å². The smallest absolute Gasteiger partial charge is 0.227 e. The molecule has 2 aliphatic rings. The van der Waals surface area contributed by atoms with E-state index < -0.39 is 0 Å². The molecule has 0 spiro atoms. The van der Waals surface area contributed by atoms with Gasteiger partial charge in [-0.15, -0.1) is 0 Å². The fourth-order valence-electron chi connectivity index (χ4n) is 3.16. The number of ether oxygens (including phenoxy) is 1. The molecule has 1 aromatic rings. The Bertz CT molecular complexity index is 482. The zero-order chi connectivity index (χ0) is 14.7. The van der Waals surface area contributed by atoms with E-state index in [9.17, 15) is 4.79 Å². The summed E-state index contributed by atoms with van der Waals surface area (Å²) >= 11 is 0. The van der Waals surface area contributed by atoms with Crippen LogP contribution in [0.2, 0.25) is 0 Å². The van der Waals surface area contributed by atoms with Gasteiger partial charge in [-0.25, -0.2) is 0 Å². The van der Waals surface area contributed by atoms with Crippen molar-refractivity contribution in [2.24, 2.45) is 5.92 Å². The third-order valence-corrected chi connectivity index (χ3v) is 4.24. The van der Waals surface area contributed by atoms with E-state index in [1.807, 2.05) is 17.9 Å². The van der Waals surface area contributed by atoms with Crippen LogP contribution < -0.4 is 0 Å². The van der Waals surface area contributed by atoms with Gasteiger partial charge in [-0.1, -0.05) is 5.16 Å². The summed E-state index contributed by atoms with van der Waals surface area (Å²) < 4.78 is 10.4. The number of nitrogens with zero attached hydrogens (tertiary/aromatic N) is 3. The van der Waals surface area contributed by atoms with E-state index in [0.717, 1.165) is 57.0 Å². The van der Waals surface area contributed by atoms with Crippen LogP contribution in [-0.4, -0.2) is 60.3 Å². The number of hydrogen-bond acceptors (Lipinski definition) is 5. The number of morpholine rings is 1. The SMILES string of the molecule is Cc1cc(CN2CCC[C@@H](C(=O)N3CCOCC3)C2)no1. The lowest BCUT2D eigenvalue weighted by Crippen LogP contribution is -2.48. The fourth-order valence-corrected chi connectivity index (χ4v) is 3.16. The lowest BCUT2D eigenvalue weighted by molar-refractivity contribution is -0.141. The molecule has 3 rings (SSSR count). The van der Waals surface area contributed by atoms with E-state index in [2.05, 4.69) is 10.1 Å². The van der Waals surface area contributed by atoms with Crippen LogP contribution in [0.1, 0.15) is 24.3 Å². The highest BCUT2D eigenvalue weighted by molar-refractivity contribution is 5.79. The molecule has 0 aromatic carbocycles. The maximum absolute atomic E-state index is 12.6. The normalized spacial score (nSPS) is 24.2. The molecule has 0 saturated carbocycles. The van der Waals surface area contributed by atoms with E-state index in [1.165, 1.54) is 0 Å². The van der Waals surface area contributed by atoms with Crippen molar-refractivity contribution < 1.29 is 14.1 Å². The molecule has 0 aliphatic carbocycles. The Morgan fingerprint density at radius 1 is 1.38 bits per heavy atom. The summed E-state index contributed by atoms with van der Waals surface area (Å²) in [5, 5.41) is 4.04. The summed E-state index contributed by atoms with van der Waals surface area (Å²) in [6.07, 6.45) is 2.06. The first-order chi connectivity index (χ1) is 10.2. The highest BCUT2D eigenvalue weighted by atomic mass is 16.5. The van der Waals surface area contributed by atoms with Crippen molar-refractivity contribution in [1.29, 1.82) is 0 Å². The molecule has 0 unspecified atom stereocenters. The van der Waals surface area contributed by atoms with E-state index >= 15 is 0 Å².